The first-order valence-electron chi connectivity index (χ1n) is 5.87. The number of ketones is 1. The van der Waals surface area contributed by atoms with Gasteiger partial charge in [0, 0.05) is 16.8 Å². The molecule has 2 aromatic carbocycles. The molecular formula is C15H12F3NO. The number of hydrogen-bond acceptors (Lipinski definition) is 2. The van der Waals surface area contributed by atoms with Gasteiger partial charge in [-0.15, -0.1) is 0 Å². The van der Waals surface area contributed by atoms with Crippen molar-refractivity contribution in [1.82, 2.24) is 0 Å². The third kappa shape index (κ3) is 2.82. The standard InChI is InChI=1S/C15H12F3NO/c1-9-7-11(15(16,17)18)5-6-13(9)14(20)10-3-2-4-12(19)8-10/h2-8H,19H2,1H3. The third-order valence-electron chi connectivity index (χ3n) is 2.95. The predicted molar refractivity (Wildman–Crippen MR) is 70.5 cm³/mol. The maximum atomic E-state index is 12.6. The lowest BCUT2D eigenvalue weighted by Gasteiger charge is -2.10. The quantitative estimate of drug-likeness (QED) is 0.670. The van der Waals surface area contributed by atoms with Gasteiger partial charge in [0.15, 0.2) is 5.78 Å². The van der Waals surface area contributed by atoms with Crippen LogP contribution in [-0.4, -0.2) is 5.78 Å². The molecule has 0 saturated carbocycles. The molecule has 2 nitrogen and oxygen atoms in total. The van der Waals surface area contributed by atoms with Crippen molar-refractivity contribution in [3.8, 4) is 0 Å². The van der Waals surface area contributed by atoms with Gasteiger partial charge < -0.3 is 5.73 Å². The summed E-state index contributed by atoms with van der Waals surface area (Å²) in [5, 5.41) is 0. The number of anilines is 1. The molecule has 0 bridgehead atoms. The number of nitrogens with two attached hydrogens (primary N) is 1. The molecule has 5 heteroatoms. The van der Waals surface area contributed by atoms with E-state index in [1.807, 2.05) is 0 Å². The highest BCUT2D eigenvalue weighted by atomic mass is 19.4. The Kier molecular flexibility index (Phi) is 3.53. The summed E-state index contributed by atoms with van der Waals surface area (Å²) in [6, 6.07) is 9.42. The third-order valence-corrected chi connectivity index (χ3v) is 2.95. The largest absolute Gasteiger partial charge is 0.416 e. The van der Waals surface area contributed by atoms with Gasteiger partial charge in [0.05, 0.1) is 5.56 Å². The van der Waals surface area contributed by atoms with Gasteiger partial charge in [0.1, 0.15) is 0 Å². The first-order chi connectivity index (χ1) is 9.29. The molecule has 0 saturated heterocycles. The zero-order valence-electron chi connectivity index (χ0n) is 10.7. The Morgan fingerprint density at radius 2 is 1.80 bits per heavy atom. The fourth-order valence-corrected chi connectivity index (χ4v) is 1.93. The first kappa shape index (κ1) is 14.1. The van der Waals surface area contributed by atoms with E-state index >= 15 is 0 Å². The van der Waals surface area contributed by atoms with E-state index in [9.17, 15) is 18.0 Å². The Labute approximate surface area is 114 Å². The second-order valence-corrected chi connectivity index (χ2v) is 4.48. The number of carbonyl (C=O) groups excluding carboxylic acids is 1. The Morgan fingerprint density at radius 1 is 1.10 bits per heavy atom. The van der Waals surface area contributed by atoms with Crippen LogP contribution in [0.3, 0.4) is 0 Å². The molecule has 0 atom stereocenters. The molecule has 0 amide bonds. The lowest BCUT2D eigenvalue weighted by atomic mass is 9.97. The normalized spacial score (nSPS) is 11.4. The second kappa shape index (κ2) is 5.00. The number of aryl methyl sites for hydroxylation is 1. The molecule has 0 radical (unpaired) electrons. The van der Waals surface area contributed by atoms with Crippen molar-refractivity contribution in [2.24, 2.45) is 0 Å². The van der Waals surface area contributed by atoms with Crippen LogP contribution in [0.15, 0.2) is 42.5 Å². The van der Waals surface area contributed by atoms with Crippen molar-refractivity contribution in [3.05, 3.63) is 64.7 Å². The van der Waals surface area contributed by atoms with Crippen molar-refractivity contribution >= 4 is 11.5 Å². The molecule has 0 heterocycles. The Bertz CT molecular complexity index is 662. The minimum atomic E-state index is -4.41. The van der Waals surface area contributed by atoms with Crippen molar-refractivity contribution in [2.45, 2.75) is 13.1 Å². The van der Waals surface area contributed by atoms with Crippen LogP contribution in [0.25, 0.3) is 0 Å². The van der Waals surface area contributed by atoms with Crippen LogP contribution < -0.4 is 5.73 Å². The van der Waals surface area contributed by atoms with Crippen molar-refractivity contribution in [2.75, 3.05) is 5.73 Å². The average molecular weight is 279 g/mol. The number of benzene rings is 2. The SMILES string of the molecule is Cc1cc(C(F)(F)F)ccc1C(=O)c1cccc(N)c1. The topological polar surface area (TPSA) is 43.1 Å². The molecule has 0 aliphatic heterocycles. The Balaban J connectivity index is 2.41. The van der Waals surface area contributed by atoms with E-state index in [4.69, 9.17) is 5.73 Å². The van der Waals surface area contributed by atoms with E-state index in [1.54, 1.807) is 18.2 Å². The lowest BCUT2D eigenvalue weighted by Crippen LogP contribution is -2.09. The van der Waals surface area contributed by atoms with Crippen LogP contribution in [0.5, 0.6) is 0 Å². The van der Waals surface area contributed by atoms with Crippen LogP contribution in [0.4, 0.5) is 18.9 Å². The van der Waals surface area contributed by atoms with Gasteiger partial charge in [0.2, 0.25) is 0 Å². The van der Waals surface area contributed by atoms with Gasteiger partial charge in [-0.2, -0.15) is 13.2 Å². The summed E-state index contributed by atoms with van der Waals surface area (Å²) >= 11 is 0. The molecule has 20 heavy (non-hydrogen) atoms. The van der Waals surface area contributed by atoms with Crippen LogP contribution in [-0.2, 0) is 6.18 Å². The highest BCUT2D eigenvalue weighted by Gasteiger charge is 2.31. The van der Waals surface area contributed by atoms with E-state index < -0.39 is 11.7 Å². The van der Waals surface area contributed by atoms with Crippen LogP contribution in [0.1, 0.15) is 27.0 Å². The maximum Gasteiger partial charge on any atom is 0.416 e. The maximum absolute atomic E-state index is 12.6. The summed E-state index contributed by atoms with van der Waals surface area (Å²) in [5.74, 6) is -0.344. The molecule has 2 N–H and O–H groups in total. The molecule has 2 aromatic rings. The second-order valence-electron chi connectivity index (χ2n) is 4.48. The molecule has 0 unspecified atom stereocenters. The van der Waals surface area contributed by atoms with Gasteiger partial charge in [-0.1, -0.05) is 18.2 Å². The summed E-state index contributed by atoms with van der Waals surface area (Å²) in [6.45, 7) is 1.48. The molecule has 0 aliphatic rings. The van der Waals surface area contributed by atoms with Crippen molar-refractivity contribution in [3.63, 3.8) is 0 Å². The number of halogens is 3. The molecule has 2 rings (SSSR count). The van der Waals surface area contributed by atoms with E-state index in [-0.39, 0.29) is 16.9 Å². The molecule has 0 aliphatic carbocycles. The van der Waals surface area contributed by atoms with Gasteiger partial charge in [0.25, 0.3) is 0 Å². The summed E-state index contributed by atoms with van der Waals surface area (Å²) in [6.07, 6.45) is -4.41. The minimum absolute atomic E-state index is 0.239. The Hall–Kier alpha value is -2.30. The monoisotopic (exact) mass is 279 g/mol. The zero-order chi connectivity index (χ0) is 14.9. The van der Waals surface area contributed by atoms with Gasteiger partial charge in [-0.05, 0) is 36.8 Å². The van der Waals surface area contributed by atoms with Gasteiger partial charge >= 0.3 is 6.18 Å². The molecule has 104 valence electrons. The van der Waals surface area contributed by atoms with Crippen LogP contribution >= 0.6 is 0 Å². The fraction of sp³-hybridized carbons (Fsp3) is 0.133. The number of alkyl halides is 3. The van der Waals surface area contributed by atoms with E-state index in [0.717, 1.165) is 12.1 Å². The molecule has 0 aromatic heterocycles. The number of nitrogen functional groups attached to an aromatic ring is 1. The zero-order valence-corrected chi connectivity index (χ0v) is 10.7. The number of rotatable bonds is 2. The molecular weight excluding hydrogens is 267 g/mol. The average Bonchev–Trinajstić information content (AvgIpc) is 2.36. The van der Waals surface area contributed by atoms with E-state index in [1.165, 1.54) is 19.1 Å². The van der Waals surface area contributed by atoms with Crippen molar-refractivity contribution < 1.29 is 18.0 Å². The van der Waals surface area contributed by atoms with Crippen LogP contribution in [0.2, 0.25) is 0 Å². The fourth-order valence-electron chi connectivity index (χ4n) is 1.93. The van der Waals surface area contributed by atoms with Crippen LogP contribution in [0, 0.1) is 6.92 Å². The minimum Gasteiger partial charge on any atom is -0.399 e. The lowest BCUT2D eigenvalue weighted by molar-refractivity contribution is -0.137. The van der Waals surface area contributed by atoms with Crippen molar-refractivity contribution in [1.29, 1.82) is 0 Å². The smallest absolute Gasteiger partial charge is 0.399 e. The van der Waals surface area contributed by atoms with E-state index in [0.29, 0.717) is 11.3 Å². The predicted octanol–water partition coefficient (Wildman–Crippen LogP) is 3.83. The summed E-state index contributed by atoms with van der Waals surface area (Å²) in [5.41, 5.74) is 6.14. The molecule has 0 spiro atoms. The number of carbonyl (C=O) groups is 1. The highest BCUT2D eigenvalue weighted by molar-refractivity contribution is 6.10. The highest BCUT2D eigenvalue weighted by Crippen LogP contribution is 2.30. The van der Waals surface area contributed by atoms with Gasteiger partial charge in [-0.25, -0.2) is 0 Å². The summed E-state index contributed by atoms with van der Waals surface area (Å²) in [4.78, 5) is 12.2. The Morgan fingerprint density at radius 3 is 2.35 bits per heavy atom. The van der Waals surface area contributed by atoms with E-state index in [2.05, 4.69) is 0 Å². The summed E-state index contributed by atoms with van der Waals surface area (Å²) < 4.78 is 37.7. The number of hydrogen-bond donors (Lipinski definition) is 1. The first-order valence-corrected chi connectivity index (χ1v) is 5.87. The summed E-state index contributed by atoms with van der Waals surface area (Å²) in [7, 11) is 0. The molecule has 0 fully saturated rings. The van der Waals surface area contributed by atoms with Gasteiger partial charge in [-0.3, -0.25) is 4.79 Å².